The lowest BCUT2D eigenvalue weighted by atomic mass is 10.1. The smallest absolute Gasteiger partial charge is 0.261 e. The number of aromatic nitrogens is 1. The molecule has 0 spiro atoms. The van der Waals surface area contributed by atoms with Crippen molar-refractivity contribution >= 4 is 21.4 Å². The summed E-state index contributed by atoms with van der Waals surface area (Å²) in [7, 11) is -3.67. The van der Waals surface area contributed by atoms with Crippen molar-refractivity contribution in [1.82, 2.24) is 14.6 Å². The van der Waals surface area contributed by atoms with Gasteiger partial charge in [-0.25, -0.2) is 21.9 Å². The number of hydrogen-bond donors (Lipinski definition) is 2. The maximum atomic E-state index is 13.2. The molecule has 0 unspecified atom stereocenters. The summed E-state index contributed by atoms with van der Waals surface area (Å²) >= 11 is 1.13. The van der Waals surface area contributed by atoms with E-state index in [0.29, 0.717) is 37.2 Å². The number of hydrogen-bond acceptors (Lipinski definition) is 5. The third-order valence-corrected chi connectivity index (χ3v) is 8.07. The maximum absolute atomic E-state index is 13.2. The van der Waals surface area contributed by atoms with Crippen molar-refractivity contribution in [1.29, 1.82) is 0 Å². The molecule has 1 fully saturated rings. The van der Waals surface area contributed by atoms with Crippen molar-refractivity contribution in [3.05, 3.63) is 39.8 Å². The van der Waals surface area contributed by atoms with Crippen molar-refractivity contribution < 1.29 is 17.2 Å². The largest absolute Gasteiger partial charge is 0.326 e. The summed E-state index contributed by atoms with van der Waals surface area (Å²) in [4.78, 5) is 17.1. The first-order chi connectivity index (χ1) is 13.6. The van der Waals surface area contributed by atoms with E-state index in [9.17, 15) is 22.0 Å². The van der Waals surface area contributed by atoms with Crippen LogP contribution < -0.4 is 10.3 Å². The van der Waals surface area contributed by atoms with Gasteiger partial charge in [0.15, 0.2) is 0 Å². The molecule has 0 bridgehead atoms. The number of halogens is 2. The van der Waals surface area contributed by atoms with Crippen LogP contribution in [0.5, 0.6) is 0 Å². The highest BCUT2D eigenvalue weighted by atomic mass is 32.2. The molecule has 0 aliphatic carbocycles. The van der Waals surface area contributed by atoms with Crippen LogP contribution in [0.3, 0.4) is 0 Å². The molecule has 6 nitrogen and oxygen atoms in total. The van der Waals surface area contributed by atoms with Crippen LogP contribution in [0.4, 0.5) is 8.78 Å². The number of thiophene rings is 1. The minimum absolute atomic E-state index is 0.129. The molecular weight excluding hydrogens is 420 g/mol. The van der Waals surface area contributed by atoms with Crippen LogP contribution in [0.25, 0.3) is 10.4 Å². The van der Waals surface area contributed by atoms with E-state index in [1.807, 2.05) is 6.92 Å². The second kappa shape index (κ2) is 8.63. The first-order valence-electron chi connectivity index (χ1n) is 9.54. The molecule has 2 aromatic heterocycles. The predicted octanol–water partition coefficient (Wildman–Crippen LogP) is 2.98. The first kappa shape index (κ1) is 22.1. The van der Waals surface area contributed by atoms with Gasteiger partial charge in [0.1, 0.15) is 4.21 Å². The van der Waals surface area contributed by atoms with Crippen molar-refractivity contribution in [2.45, 2.75) is 43.2 Å². The molecule has 29 heavy (non-hydrogen) atoms. The quantitative estimate of drug-likeness (QED) is 0.612. The Morgan fingerprint density at radius 1 is 1.34 bits per heavy atom. The molecule has 3 rings (SSSR count). The summed E-state index contributed by atoms with van der Waals surface area (Å²) in [6, 6.07) is 5.07. The van der Waals surface area contributed by atoms with E-state index >= 15 is 0 Å². The fourth-order valence-electron chi connectivity index (χ4n) is 3.37. The molecule has 2 N–H and O–H groups in total. The normalized spacial score (nSPS) is 17.1. The Morgan fingerprint density at radius 2 is 2.10 bits per heavy atom. The molecule has 2 aromatic rings. The third kappa shape index (κ3) is 5.30. The highest BCUT2D eigenvalue weighted by Crippen LogP contribution is 2.32. The number of likely N-dealkylation sites (tertiary alicyclic amines) is 1. The van der Waals surface area contributed by atoms with E-state index in [1.54, 1.807) is 30.0 Å². The van der Waals surface area contributed by atoms with Crippen LogP contribution in [-0.4, -0.2) is 50.4 Å². The molecule has 0 saturated carbocycles. The SMILES string of the molecule is CCc1cc(-c2ccc(S(=O)(=O)NCCCN3CCC(F)(F)C3)s2)c(C)[nH]c1=O. The van der Waals surface area contributed by atoms with Gasteiger partial charge >= 0.3 is 0 Å². The topological polar surface area (TPSA) is 82.3 Å². The number of alkyl halides is 2. The molecule has 1 saturated heterocycles. The molecule has 0 atom stereocenters. The van der Waals surface area contributed by atoms with Crippen molar-refractivity contribution in [3.63, 3.8) is 0 Å². The lowest BCUT2D eigenvalue weighted by molar-refractivity contribution is 0.0122. The highest BCUT2D eigenvalue weighted by molar-refractivity contribution is 7.91. The van der Waals surface area contributed by atoms with Crippen molar-refractivity contribution in [2.75, 3.05) is 26.2 Å². The van der Waals surface area contributed by atoms with Gasteiger partial charge in [-0.2, -0.15) is 0 Å². The molecule has 160 valence electrons. The van der Waals surface area contributed by atoms with E-state index in [2.05, 4.69) is 9.71 Å². The van der Waals surface area contributed by atoms with Gasteiger partial charge in [-0.05, 0) is 44.5 Å². The average molecular weight is 446 g/mol. The summed E-state index contributed by atoms with van der Waals surface area (Å²) in [6.07, 6.45) is 0.913. The molecule has 10 heteroatoms. The predicted molar refractivity (Wildman–Crippen MR) is 110 cm³/mol. The van der Waals surface area contributed by atoms with Gasteiger partial charge < -0.3 is 4.98 Å². The molecular formula is C19H25F2N3O3S2. The summed E-state index contributed by atoms with van der Waals surface area (Å²) < 4.78 is 54.2. The number of pyridine rings is 1. The van der Waals surface area contributed by atoms with Crippen molar-refractivity contribution in [2.24, 2.45) is 0 Å². The minimum Gasteiger partial charge on any atom is -0.326 e. The highest BCUT2D eigenvalue weighted by Gasteiger charge is 2.37. The number of rotatable bonds is 8. The number of aryl methyl sites for hydroxylation is 2. The second-order valence-electron chi connectivity index (χ2n) is 7.27. The maximum Gasteiger partial charge on any atom is 0.261 e. The van der Waals surface area contributed by atoms with Gasteiger partial charge in [-0.1, -0.05) is 6.92 Å². The molecule has 0 amide bonds. The first-order valence-corrected chi connectivity index (χ1v) is 11.8. The summed E-state index contributed by atoms with van der Waals surface area (Å²) in [5.74, 6) is -2.63. The molecule has 3 heterocycles. The van der Waals surface area contributed by atoms with Gasteiger partial charge in [-0.15, -0.1) is 11.3 Å². The standard InChI is InChI=1S/C19H25F2N3O3S2/c1-3-14-11-15(13(2)23-18(14)25)16-5-6-17(28-16)29(26,27)22-8-4-9-24-10-7-19(20,21)12-24/h5-6,11,22H,3-4,7-10,12H2,1-2H3,(H,23,25). The van der Waals surface area contributed by atoms with Crippen LogP contribution >= 0.6 is 11.3 Å². The summed E-state index contributed by atoms with van der Waals surface area (Å²) in [5, 5.41) is 0. The molecule has 0 radical (unpaired) electrons. The summed E-state index contributed by atoms with van der Waals surface area (Å²) in [5.41, 5.74) is 2.01. The Morgan fingerprint density at radius 3 is 2.76 bits per heavy atom. The summed E-state index contributed by atoms with van der Waals surface area (Å²) in [6.45, 7) is 4.38. The minimum atomic E-state index is -3.67. The third-order valence-electron chi connectivity index (χ3n) is 5.00. The lowest BCUT2D eigenvalue weighted by Crippen LogP contribution is -2.30. The van der Waals surface area contributed by atoms with Gasteiger partial charge in [0, 0.05) is 41.2 Å². The fraction of sp³-hybridized carbons (Fsp3) is 0.526. The van der Waals surface area contributed by atoms with Gasteiger partial charge in [0.2, 0.25) is 10.0 Å². The molecule has 1 aliphatic heterocycles. The molecule has 1 aliphatic rings. The van der Waals surface area contributed by atoms with Gasteiger partial charge in [0.25, 0.3) is 11.5 Å². The Labute approximate surface area is 173 Å². The van der Waals surface area contributed by atoms with Gasteiger partial charge in [0.05, 0.1) is 6.54 Å². The lowest BCUT2D eigenvalue weighted by Gasteiger charge is -2.15. The van der Waals surface area contributed by atoms with E-state index in [4.69, 9.17) is 0 Å². The molecule has 0 aromatic carbocycles. The Balaban J connectivity index is 1.63. The fourth-order valence-corrected chi connectivity index (χ4v) is 5.87. The zero-order chi connectivity index (χ0) is 21.2. The number of nitrogens with zero attached hydrogens (tertiary/aromatic N) is 1. The van der Waals surface area contributed by atoms with Crippen LogP contribution in [0.1, 0.15) is 31.0 Å². The van der Waals surface area contributed by atoms with Crippen LogP contribution in [0.15, 0.2) is 27.2 Å². The van der Waals surface area contributed by atoms with Crippen LogP contribution in [0.2, 0.25) is 0 Å². The number of aromatic amines is 1. The van der Waals surface area contributed by atoms with Gasteiger partial charge in [-0.3, -0.25) is 9.69 Å². The van der Waals surface area contributed by atoms with E-state index in [-0.39, 0.29) is 29.3 Å². The van der Waals surface area contributed by atoms with E-state index in [1.165, 1.54) is 0 Å². The Bertz CT molecular complexity index is 1030. The monoisotopic (exact) mass is 445 g/mol. The Hall–Kier alpha value is -1.62. The van der Waals surface area contributed by atoms with Crippen molar-refractivity contribution in [3.8, 4) is 10.4 Å². The number of H-pyrrole nitrogens is 1. The number of sulfonamides is 1. The second-order valence-corrected chi connectivity index (χ2v) is 10.3. The van der Waals surface area contributed by atoms with E-state index < -0.39 is 15.9 Å². The number of nitrogens with one attached hydrogen (secondary N) is 2. The average Bonchev–Trinajstić information content (AvgIpc) is 3.26. The van der Waals surface area contributed by atoms with E-state index in [0.717, 1.165) is 21.8 Å². The zero-order valence-corrected chi connectivity index (χ0v) is 18.1. The zero-order valence-electron chi connectivity index (χ0n) is 16.4. The Kier molecular flexibility index (Phi) is 6.57. The van der Waals surface area contributed by atoms with Crippen LogP contribution in [-0.2, 0) is 16.4 Å². The van der Waals surface area contributed by atoms with Crippen LogP contribution in [0, 0.1) is 6.92 Å².